The fraction of sp³-hybridized carbons (Fsp3) is 0.250. The molecule has 4 nitrogen and oxygen atoms in total. The molecule has 4 rings (SSSR count). The van der Waals surface area contributed by atoms with E-state index < -0.39 is 8.07 Å². The van der Waals surface area contributed by atoms with Crippen molar-refractivity contribution in [2.45, 2.75) is 19.7 Å². The van der Waals surface area contributed by atoms with Crippen molar-refractivity contribution in [1.82, 2.24) is 14.5 Å². The maximum atomic E-state index is 5.33. The number of methoxy groups -OCH3 is 1. The van der Waals surface area contributed by atoms with Gasteiger partial charge in [0, 0.05) is 13.3 Å². The van der Waals surface area contributed by atoms with Gasteiger partial charge in [0.15, 0.2) is 0 Å². The van der Waals surface area contributed by atoms with Crippen molar-refractivity contribution in [3.8, 4) is 5.82 Å². The standard InChI is InChI=1S/C16H17N3OSi/c1-20-10-14-18-11-6-4-7-12-15(11)19(14)16-13(21(12,2)3)8-5-9-17-16/h4-9H,10H2,1-3H3. The Morgan fingerprint density at radius 3 is 2.76 bits per heavy atom. The highest BCUT2D eigenvalue weighted by Crippen LogP contribution is 2.26. The Labute approximate surface area is 124 Å². The monoisotopic (exact) mass is 295 g/mol. The second-order valence-corrected chi connectivity index (χ2v) is 10.3. The third kappa shape index (κ3) is 1.58. The zero-order chi connectivity index (χ0) is 14.6. The average molecular weight is 295 g/mol. The molecule has 21 heavy (non-hydrogen) atoms. The maximum absolute atomic E-state index is 5.33. The molecule has 2 aromatic heterocycles. The number of nitrogens with zero attached hydrogens (tertiary/aromatic N) is 3. The first-order valence-electron chi connectivity index (χ1n) is 7.10. The number of hydrogen-bond donors (Lipinski definition) is 0. The summed E-state index contributed by atoms with van der Waals surface area (Å²) in [4.78, 5) is 9.41. The summed E-state index contributed by atoms with van der Waals surface area (Å²) in [5.74, 6) is 1.95. The second-order valence-electron chi connectivity index (χ2n) is 5.97. The van der Waals surface area contributed by atoms with Gasteiger partial charge in [0.05, 0.1) is 11.0 Å². The third-order valence-electron chi connectivity index (χ3n) is 4.36. The van der Waals surface area contributed by atoms with Gasteiger partial charge in [0.1, 0.15) is 26.3 Å². The molecule has 0 bridgehead atoms. The molecular formula is C16H17N3OSi. The second kappa shape index (κ2) is 4.25. The molecule has 5 heteroatoms. The van der Waals surface area contributed by atoms with Gasteiger partial charge < -0.3 is 4.74 Å². The smallest absolute Gasteiger partial charge is 0.141 e. The Morgan fingerprint density at radius 2 is 1.95 bits per heavy atom. The molecule has 0 saturated heterocycles. The summed E-state index contributed by atoms with van der Waals surface area (Å²) in [5.41, 5.74) is 2.25. The van der Waals surface area contributed by atoms with Crippen LogP contribution in [0.15, 0.2) is 36.5 Å². The molecule has 0 atom stereocenters. The molecule has 0 spiro atoms. The summed E-state index contributed by atoms with van der Waals surface area (Å²) >= 11 is 0. The van der Waals surface area contributed by atoms with Gasteiger partial charge in [-0.25, -0.2) is 9.97 Å². The lowest BCUT2D eigenvalue weighted by molar-refractivity contribution is 0.177. The summed E-state index contributed by atoms with van der Waals surface area (Å²) < 4.78 is 7.51. The number of benzene rings is 1. The van der Waals surface area contributed by atoms with E-state index in [9.17, 15) is 0 Å². The van der Waals surface area contributed by atoms with Crippen LogP contribution in [0.2, 0.25) is 13.1 Å². The minimum atomic E-state index is -1.74. The molecular weight excluding hydrogens is 278 g/mol. The van der Waals surface area contributed by atoms with Crippen LogP contribution in [0.4, 0.5) is 0 Å². The molecule has 0 aliphatic carbocycles. The Bertz CT molecular complexity index is 854. The van der Waals surface area contributed by atoms with Gasteiger partial charge in [-0.05, 0) is 22.5 Å². The van der Waals surface area contributed by atoms with E-state index >= 15 is 0 Å². The lowest BCUT2D eigenvalue weighted by Crippen LogP contribution is -2.57. The van der Waals surface area contributed by atoms with Crippen molar-refractivity contribution in [1.29, 1.82) is 0 Å². The van der Waals surface area contributed by atoms with E-state index in [1.807, 2.05) is 12.3 Å². The van der Waals surface area contributed by atoms with E-state index in [0.29, 0.717) is 6.61 Å². The molecule has 0 radical (unpaired) electrons. The number of aromatic nitrogens is 3. The molecule has 0 amide bonds. The minimum absolute atomic E-state index is 0.492. The molecule has 3 heterocycles. The lowest BCUT2D eigenvalue weighted by Gasteiger charge is -2.31. The van der Waals surface area contributed by atoms with Crippen LogP contribution in [-0.4, -0.2) is 29.7 Å². The molecule has 0 fully saturated rings. The summed E-state index contributed by atoms with van der Waals surface area (Å²) in [6, 6.07) is 10.7. The average Bonchev–Trinajstić information content (AvgIpc) is 2.84. The zero-order valence-corrected chi connectivity index (χ0v) is 13.4. The van der Waals surface area contributed by atoms with E-state index in [2.05, 4.69) is 46.9 Å². The summed E-state index contributed by atoms with van der Waals surface area (Å²) in [6.07, 6.45) is 1.86. The Hall–Kier alpha value is -1.98. The van der Waals surface area contributed by atoms with Gasteiger partial charge in [-0.3, -0.25) is 4.57 Å². The number of pyridine rings is 1. The number of ether oxygens (including phenoxy) is 1. The van der Waals surface area contributed by atoms with Crippen LogP contribution >= 0.6 is 0 Å². The van der Waals surface area contributed by atoms with Gasteiger partial charge in [-0.15, -0.1) is 0 Å². The van der Waals surface area contributed by atoms with Crippen LogP contribution in [-0.2, 0) is 11.3 Å². The Balaban J connectivity index is 2.20. The SMILES string of the molecule is COCc1nc2cccc3c2n1-c1ncccc1[Si]3(C)C. The predicted molar refractivity (Wildman–Crippen MR) is 86.3 cm³/mol. The number of hydrogen-bond acceptors (Lipinski definition) is 3. The first kappa shape index (κ1) is 12.7. The number of para-hydroxylation sites is 1. The highest BCUT2D eigenvalue weighted by Gasteiger charge is 2.37. The predicted octanol–water partition coefficient (Wildman–Crippen LogP) is 1.70. The normalized spacial score (nSPS) is 15.2. The van der Waals surface area contributed by atoms with Crippen LogP contribution < -0.4 is 10.4 Å². The van der Waals surface area contributed by atoms with E-state index in [1.165, 1.54) is 15.9 Å². The largest absolute Gasteiger partial charge is 0.377 e. The molecule has 3 aromatic rings. The minimum Gasteiger partial charge on any atom is -0.377 e. The van der Waals surface area contributed by atoms with Gasteiger partial charge in [0.25, 0.3) is 0 Å². The van der Waals surface area contributed by atoms with Gasteiger partial charge in [0.2, 0.25) is 0 Å². The van der Waals surface area contributed by atoms with Crippen LogP contribution in [0.3, 0.4) is 0 Å². The van der Waals surface area contributed by atoms with E-state index in [-0.39, 0.29) is 0 Å². The molecule has 1 aromatic carbocycles. The van der Waals surface area contributed by atoms with E-state index in [4.69, 9.17) is 9.72 Å². The van der Waals surface area contributed by atoms with Crippen molar-refractivity contribution < 1.29 is 4.74 Å². The van der Waals surface area contributed by atoms with Crippen LogP contribution in [0.1, 0.15) is 5.82 Å². The highest BCUT2D eigenvalue weighted by atomic mass is 28.3. The van der Waals surface area contributed by atoms with Crippen molar-refractivity contribution >= 4 is 29.5 Å². The third-order valence-corrected chi connectivity index (χ3v) is 7.85. The summed E-state index contributed by atoms with van der Waals surface area (Å²) in [5, 5.41) is 2.79. The summed E-state index contributed by atoms with van der Waals surface area (Å²) in [6.45, 7) is 5.26. The molecule has 0 N–H and O–H groups in total. The molecule has 0 saturated carbocycles. The van der Waals surface area contributed by atoms with E-state index in [1.54, 1.807) is 7.11 Å². The molecule has 0 unspecified atom stereocenters. The zero-order valence-electron chi connectivity index (χ0n) is 12.4. The fourth-order valence-electron chi connectivity index (χ4n) is 3.34. The Kier molecular flexibility index (Phi) is 2.58. The molecule has 1 aliphatic heterocycles. The van der Waals surface area contributed by atoms with Crippen LogP contribution in [0.25, 0.3) is 16.9 Å². The Morgan fingerprint density at radius 1 is 1.14 bits per heavy atom. The highest BCUT2D eigenvalue weighted by molar-refractivity contribution is 7.02. The first-order valence-corrected chi connectivity index (χ1v) is 10.1. The quantitative estimate of drug-likeness (QED) is 0.676. The van der Waals surface area contributed by atoms with Crippen molar-refractivity contribution in [2.24, 2.45) is 0 Å². The molecule has 106 valence electrons. The van der Waals surface area contributed by atoms with Crippen molar-refractivity contribution in [2.75, 3.05) is 7.11 Å². The summed E-state index contributed by atoms with van der Waals surface area (Å²) in [7, 11) is -0.0331. The van der Waals surface area contributed by atoms with Gasteiger partial charge in [-0.1, -0.05) is 31.3 Å². The number of imidazole rings is 1. The van der Waals surface area contributed by atoms with Crippen molar-refractivity contribution in [3.05, 3.63) is 42.4 Å². The number of fused-ring (bicyclic) bond motifs is 2. The molecule has 1 aliphatic rings. The lowest BCUT2D eigenvalue weighted by atomic mass is 10.3. The fourth-order valence-corrected chi connectivity index (χ4v) is 6.22. The number of rotatable bonds is 2. The van der Waals surface area contributed by atoms with Gasteiger partial charge in [-0.2, -0.15) is 0 Å². The van der Waals surface area contributed by atoms with Crippen LogP contribution in [0, 0.1) is 0 Å². The van der Waals surface area contributed by atoms with Crippen molar-refractivity contribution in [3.63, 3.8) is 0 Å². The topological polar surface area (TPSA) is 39.9 Å². The first-order chi connectivity index (χ1) is 10.1. The maximum Gasteiger partial charge on any atom is 0.141 e. The van der Waals surface area contributed by atoms with E-state index in [0.717, 1.165) is 17.2 Å². The van der Waals surface area contributed by atoms with Gasteiger partial charge >= 0.3 is 0 Å². The van der Waals surface area contributed by atoms with Crippen LogP contribution in [0.5, 0.6) is 0 Å².